The highest BCUT2D eigenvalue weighted by atomic mass is 15.2. The monoisotopic (exact) mass is 224 g/mol. The lowest BCUT2D eigenvalue weighted by molar-refractivity contribution is 0.131. The molecule has 1 saturated heterocycles. The molecule has 2 fully saturated rings. The summed E-state index contributed by atoms with van der Waals surface area (Å²) < 4.78 is 0. The Labute approximate surface area is 101 Å². The molecule has 2 heteroatoms. The Bertz CT molecular complexity index is 199. The lowest BCUT2D eigenvalue weighted by Crippen LogP contribution is -2.47. The first-order valence-corrected chi connectivity index (χ1v) is 7.27. The summed E-state index contributed by atoms with van der Waals surface area (Å²) in [6, 6.07) is 1.20. The molecular weight excluding hydrogens is 196 g/mol. The Hall–Kier alpha value is -0.0800. The van der Waals surface area contributed by atoms with Gasteiger partial charge in [-0.05, 0) is 45.1 Å². The van der Waals surface area contributed by atoms with Gasteiger partial charge in [0.05, 0.1) is 0 Å². The Morgan fingerprint density at radius 2 is 1.75 bits per heavy atom. The topological polar surface area (TPSA) is 29.3 Å². The van der Waals surface area contributed by atoms with E-state index in [0.717, 1.165) is 18.5 Å². The van der Waals surface area contributed by atoms with Crippen LogP contribution in [0.25, 0.3) is 0 Å². The van der Waals surface area contributed by atoms with E-state index in [4.69, 9.17) is 5.73 Å². The molecule has 0 aromatic carbocycles. The first-order valence-electron chi connectivity index (χ1n) is 7.27. The van der Waals surface area contributed by atoms with E-state index in [1.165, 1.54) is 57.9 Å². The van der Waals surface area contributed by atoms with Crippen LogP contribution in [0.4, 0.5) is 0 Å². The largest absolute Gasteiger partial charge is 0.326 e. The Morgan fingerprint density at radius 3 is 2.44 bits per heavy atom. The van der Waals surface area contributed by atoms with E-state index in [-0.39, 0.29) is 0 Å². The minimum Gasteiger partial charge on any atom is -0.326 e. The number of piperidine rings is 1. The lowest BCUT2D eigenvalue weighted by Gasteiger charge is -2.37. The predicted molar refractivity (Wildman–Crippen MR) is 69.4 cm³/mol. The molecular formula is C14H28N2. The van der Waals surface area contributed by atoms with Crippen molar-refractivity contribution in [1.29, 1.82) is 0 Å². The van der Waals surface area contributed by atoms with Crippen LogP contribution in [0, 0.1) is 5.92 Å². The fourth-order valence-electron chi connectivity index (χ4n) is 3.41. The zero-order valence-corrected chi connectivity index (χ0v) is 10.8. The molecule has 0 radical (unpaired) electrons. The van der Waals surface area contributed by atoms with Gasteiger partial charge in [-0.2, -0.15) is 0 Å². The smallest absolute Gasteiger partial charge is 0.0196 e. The van der Waals surface area contributed by atoms with Crippen LogP contribution in [0.2, 0.25) is 0 Å². The maximum atomic E-state index is 6.40. The van der Waals surface area contributed by atoms with Gasteiger partial charge >= 0.3 is 0 Å². The molecule has 1 heterocycles. The number of nitrogens with zero attached hydrogens (tertiary/aromatic N) is 1. The number of hydrogen-bond acceptors (Lipinski definition) is 2. The van der Waals surface area contributed by atoms with Crippen LogP contribution in [0.5, 0.6) is 0 Å². The normalized spacial score (nSPS) is 31.5. The van der Waals surface area contributed by atoms with Crippen LogP contribution in [0.1, 0.15) is 58.3 Å². The van der Waals surface area contributed by atoms with Crippen LogP contribution < -0.4 is 5.73 Å². The highest BCUT2D eigenvalue weighted by Gasteiger charge is 2.25. The highest BCUT2D eigenvalue weighted by Crippen LogP contribution is 2.27. The van der Waals surface area contributed by atoms with E-state index < -0.39 is 0 Å². The van der Waals surface area contributed by atoms with E-state index in [0.29, 0.717) is 6.04 Å². The van der Waals surface area contributed by atoms with Crippen LogP contribution in [0.3, 0.4) is 0 Å². The molecule has 1 saturated carbocycles. The number of likely N-dealkylation sites (tertiary alicyclic amines) is 1. The van der Waals surface area contributed by atoms with E-state index in [1.54, 1.807) is 0 Å². The van der Waals surface area contributed by atoms with Gasteiger partial charge in [0.15, 0.2) is 0 Å². The zero-order chi connectivity index (χ0) is 11.4. The van der Waals surface area contributed by atoms with Crippen molar-refractivity contribution < 1.29 is 0 Å². The van der Waals surface area contributed by atoms with Gasteiger partial charge in [0, 0.05) is 18.6 Å². The summed E-state index contributed by atoms with van der Waals surface area (Å²) in [6.45, 7) is 4.79. The van der Waals surface area contributed by atoms with Crippen LogP contribution in [0.15, 0.2) is 0 Å². The molecule has 2 nitrogen and oxygen atoms in total. The lowest BCUT2D eigenvalue weighted by atomic mass is 9.84. The Morgan fingerprint density at radius 1 is 1.06 bits per heavy atom. The highest BCUT2D eigenvalue weighted by molar-refractivity contribution is 4.82. The van der Waals surface area contributed by atoms with Gasteiger partial charge in [0.25, 0.3) is 0 Å². The van der Waals surface area contributed by atoms with Gasteiger partial charge in [-0.1, -0.05) is 25.7 Å². The second-order valence-electron chi connectivity index (χ2n) is 5.90. The molecule has 0 aromatic heterocycles. The fourth-order valence-corrected chi connectivity index (χ4v) is 3.41. The van der Waals surface area contributed by atoms with Gasteiger partial charge < -0.3 is 5.73 Å². The van der Waals surface area contributed by atoms with Crippen LogP contribution in [-0.2, 0) is 0 Å². The van der Waals surface area contributed by atoms with Crippen molar-refractivity contribution in [3.05, 3.63) is 0 Å². The minimum absolute atomic E-state index is 0.431. The summed E-state index contributed by atoms with van der Waals surface area (Å²) in [5.74, 6) is 0.808. The Kier molecular flexibility index (Phi) is 4.66. The van der Waals surface area contributed by atoms with E-state index >= 15 is 0 Å². The number of hydrogen-bond donors (Lipinski definition) is 1. The van der Waals surface area contributed by atoms with Gasteiger partial charge in [0.1, 0.15) is 0 Å². The standard InChI is InChI=1S/C14H28N2/c1-12-7-5-6-10-16(12)11-14(15)13-8-3-2-4-9-13/h12-14H,2-11,15H2,1H3. The molecule has 2 N–H and O–H groups in total. The summed E-state index contributed by atoms with van der Waals surface area (Å²) in [6.07, 6.45) is 11.2. The van der Waals surface area contributed by atoms with Crippen molar-refractivity contribution in [1.82, 2.24) is 4.90 Å². The first-order chi connectivity index (χ1) is 7.77. The van der Waals surface area contributed by atoms with Crippen molar-refractivity contribution in [2.24, 2.45) is 11.7 Å². The molecule has 0 aromatic rings. The van der Waals surface area contributed by atoms with Gasteiger partial charge in [-0.25, -0.2) is 0 Å². The molecule has 1 aliphatic carbocycles. The van der Waals surface area contributed by atoms with Crippen molar-refractivity contribution in [3.8, 4) is 0 Å². The first kappa shape index (κ1) is 12.4. The zero-order valence-electron chi connectivity index (χ0n) is 10.8. The van der Waals surface area contributed by atoms with Gasteiger partial charge in [-0.15, -0.1) is 0 Å². The predicted octanol–water partition coefficient (Wildman–Crippen LogP) is 2.77. The fraction of sp³-hybridized carbons (Fsp3) is 1.00. The minimum atomic E-state index is 0.431. The van der Waals surface area contributed by atoms with Crippen molar-refractivity contribution in [2.75, 3.05) is 13.1 Å². The molecule has 0 amide bonds. The van der Waals surface area contributed by atoms with E-state index in [2.05, 4.69) is 11.8 Å². The SMILES string of the molecule is CC1CCCCN1CC(N)C1CCCCC1. The summed E-state index contributed by atoms with van der Waals surface area (Å²) in [4.78, 5) is 2.63. The third kappa shape index (κ3) is 3.21. The van der Waals surface area contributed by atoms with E-state index in [1.807, 2.05) is 0 Å². The molecule has 94 valence electrons. The molecule has 1 aliphatic heterocycles. The summed E-state index contributed by atoms with van der Waals surface area (Å²) in [7, 11) is 0. The Balaban J connectivity index is 1.78. The molecule has 2 aliphatic rings. The average Bonchev–Trinajstić information content (AvgIpc) is 2.33. The molecule has 2 unspecified atom stereocenters. The number of nitrogens with two attached hydrogens (primary N) is 1. The summed E-state index contributed by atoms with van der Waals surface area (Å²) in [5.41, 5.74) is 6.40. The molecule has 2 rings (SSSR count). The third-order valence-electron chi connectivity index (χ3n) is 4.64. The maximum absolute atomic E-state index is 6.40. The van der Waals surface area contributed by atoms with Gasteiger partial charge in [-0.3, -0.25) is 4.90 Å². The quantitative estimate of drug-likeness (QED) is 0.798. The summed E-state index contributed by atoms with van der Waals surface area (Å²) >= 11 is 0. The van der Waals surface area contributed by atoms with Crippen molar-refractivity contribution in [2.45, 2.75) is 70.4 Å². The summed E-state index contributed by atoms with van der Waals surface area (Å²) in [5, 5.41) is 0. The third-order valence-corrected chi connectivity index (χ3v) is 4.64. The van der Waals surface area contributed by atoms with Crippen molar-refractivity contribution in [3.63, 3.8) is 0 Å². The van der Waals surface area contributed by atoms with Crippen LogP contribution in [-0.4, -0.2) is 30.1 Å². The molecule has 0 bridgehead atoms. The van der Waals surface area contributed by atoms with E-state index in [9.17, 15) is 0 Å². The maximum Gasteiger partial charge on any atom is 0.0196 e. The van der Waals surface area contributed by atoms with Crippen LogP contribution >= 0.6 is 0 Å². The number of rotatable bonds is 3. The van der Waals surface area contributed by atoms with Gasteiger partial charge in [0.2, 0.25) is 0 Å². The second-order valence-corrected chi connectivity index (χ2v) is 5.90. The van der Waals surface area contributed by atoms with Crippen molar-refractivity contribution >= 4 is 0 Å². The second kappa shape index (κ2) is 6.02. The molecule has 0 spiro atoms. The molecule has 16 heavy (non-hydrogen) atoms. The molecule has 2 atom stereocenters. The average molecular weight is 224 g/mol.